The van der Waals surface area contributed by atoms with Crippen molar-refractivity contribution in [2.75, 3.05) is 0 Å². The molecule has 0 N–H and O–H groups in total. The second-order valence-corrected chi connectivity index (χ2v) is 24.7. The average Bonchev–Trinajstić information content (AvgIpc) is 1.90. The molecule has 0 aromatic rings. The Balaban J connectivity index is 5.40. The molecule has 0 aromatic carbocycles. The third kappa shape index (κ3) is 9.94. The lowest BCUT2D eigenvalue weighted by Crippen LogP contribution is -2.60. The van der Waals surface area contributed by atoms with Gasteiger partial charge in [-0.05, 0) is 58.9 Å². The van der Waals surface area contributed by atoms with E-state index in [1.54, 1.807) is 0 Å². The summed E-state index contributed by atoms with van der Waals surface area (Å²) in [6, 6.07) is 0.714. The van der Waals surface area contributed by atoms with Gasteiger partial charge in [-0.25, -0.2) is 0 Å². The first-order chi connectivity index (χ1) is 8.18. The molecule has 0 fully saturated rings. The molecule has 0 aliphatic heterocycles. The summed E-state index contributed by atoms with van der Waals surface area (Å²) in [5.74, 6) is 0. The predicted molar refractivity (Wildman–Crippen MR) is 94.1 cm³/mol. The fourth-order valence-corrected chi connectivity index (χ4v) is 15.9. The van der Waals surface area contributed by atoms with Gasteiger partial charge in [-0.15, -0.1) is 6.58 Å². The van der Waals surface area contributed by atoms with Crippen LogP contribution in [0, 0.1) is 0 Å². The number of hydrogen-bond acceptors (Lipinski definition) is 3. The number of allylic oxidation sites excluding steroid dienone is 1. The van der Waals surface area contributed by atoms with E-state index in [0.29, 0.717) is 6.04 Å². The Morgan fingerprint density at radius 2 is 0.947 bits per heavy atom. The summed E-state index contributed by atoms with van der Waals surface area (Å²) in [7, 11) is -7.80. The molecular weight excluding hydrogens is 304 g/mol. The van der Waals surface area contributed by atoms with E-state index in [-0.39, 0.29) is 0 Å². The number of rotatable bonds is 8. The fourth-order valence-electron chi connectivity index (χ4n) is 1.76. The van der Waals surface area contributed by atoms with Gasteiger partial charge in [0.25, 0.3) is 0 Å². The van der Waals surface area contributed by atoms with Crippen LogP contribution >= 0.6 is 0 Å². The minimum absolute atomic E-state index is 0.714. The average molecular weight is 337 g/mol. The highest BCUT2D eigenvalue weighted by Crippen LogP contribution is 2.28. The van der Waals surface area contributed by atoms with Gasteiger partial charge in [0.15, 0.2) is 25.0 Å². The summed E-state index contributed by atoms with van der Waals surface area (Å²) in [5, 5.41) is 0. The summed E-state index contributed by atoms with van der Waals surface area (Å²) in [5.41, 5.74) is 0. The van der Waals surface area contributed by atoms with Crippen LogP contribution < -0.4 is 0 Å². The molecule has 0 atom stereocenters. The van der Waals surface area contributed by atoms with E-state index in [2.05, 4.69) is 65.5 Å². The molecule has 0 bridgehead atoms. The minimum Gasteiger partial charge on any atom is -0.417 e. The van der Waals surface area contributed by atoms with Crippen LogP contribution in [-0.4, -0.2) is 33.8 Å². The van der Waals surface area contributed by atoms with Crippen molar-refractivity contribution in [1.82, 2.24) is 0 Å². The van der Waals surface area contributed by atoms with E-state index in [4.69, 9.17) is 12.3 Å². The van der Waals surface area contributed by atoms with Crippen molar-refractivity contribution in [2.45, 2.75) is 65.0 Å². The molecule has 0 heterocycles. The van der Waals surface area contributed by atoms with E-state index >= 15 is 0 Å². The lowest BCUT2D eigenvalue weighted by molar-refractivity contribution is 0.257. The second-order valence-electron chi connectivity index (χ2n) is 7.82. The van der Waals surface area contributed by atoms with Crippen LogP contribution in [0.2, 0.25) is 65.0 Å². The molecule has 0 rings (SSSR count). The van der Waals surface area contributed by atoms with Crippen LogP contribution in [0.25, 0.3) is 0 Å². The van der Waals surface area contributed by atoms with E-state index in [1.807, 2.05) is 6.08 Å². The molecule has 7 heteroatoms. The molecule has 0 unspecified atom stereocenters. The quantitative estimate of drug-likeness (QED) is 0.476. The van der Waals surface area contributed by atoms with Gasteiger partial charge < -0.3 is 12.3 Å². The first-order valence-electron chi connectivity index (χ1n) is 6.89. The highest BCUT2D eigenvalue weighted by Gasteiger charge is 2.48. The molecule has 114 valence electrons. The van der Waals surface area contributed by atoms with Crippen molar-refractivity contribution < 1.29 is 12.3 Å². The molecule has 0 radical (unpaired) electrons. The summed E-state index contributed by atoms with van der Waals surface area (Å²) in [4.78, 5) is 0. The van der Waals surface area contributed by atoms with Crippen LogP contribution in [-0.2, 0) is 12.3 Å². The molecule has 0 aliphatic carbocycles. The Kier molecular flexibility index (Phi) is 6.67. The van der Waals surface area contributed by atoms with E-state index < -0.39 is 33.8 Å². The topological polar surface area (TPSA) is 27.7 Å². The SMILES string of the molecule is C=CC[Si](O[Si](C)(C)C)(O[Si](C)(C)C)O[Si](C)(C)C. The van der Waals surface area contributed by atoms with Gasteiger partial charge in [0.2, 0.25) is 0 Å². The van der Waals surface area contributed by atoms with E-state index in [1.165, 1.54) is 0 Å². The zero-order chi connectivity index (χ0) is 15.5. The van der Waals surface area contributed by atoms with Crippen molar-refractivity contribution in [2.24, 2.45) is 0 Å². The maximum atomic E-state index is 6.45. The Labute approximate surface area is 124 Å². The Morgan fingerprint density at radius 1 is 0.684 bits per heavy atom. The largest absolute Gasteiger partial charge is 0.473 e. The molecule has 0 aliphatic rings. The first kappa shape index (κ1) is 19.5. The van der Waals surface area contributed by atoms with Crippen LogP contribution in [0.5, 0.6) is 0 Å². The van der Waals surface area contributed by atoms with Crippen LogP contribution in [0.4, 0.5) is 0 Å². The van der Waals surface area contributed by atoms with Crippen LogP contribution in [0.1, 0.15) is 0 Å². The lowest BCUT2D eigenvalue weighted by atomic mass is 10.8. The second kappa shape index (κ2) is 6.50. The van der Waals surface area contributed by atoms with Crippen molar-refractivity contribution >= 4 is 33.8 Å². The van der Waals surface area contributed by atoms with Crippen molar-refractivity contribution in [1.29, 1.82) is 0 Å². The summed E-state index contributed by atoms with van der Waals surface area (Å²) in [6.07, 6.45) is 1.90. The summed E-state index contributed by atoms with van der Waals surface area (Å²) < 4.78 is 19.3. The highest BCUT2D eigenvalue weighted by atomic mass is 28.5. The fraction of sp³-hybridized carbons (Fsp3) is 0.833. The predicted octanol–water partition coefficient (Wildman–Crippen LogP) is 4.67. The monoisotopic (exact) mass is 336 g/mol. The third-order valence-electron chi connectivity index (χ3n) is 1.78. The van der Waals surface area contributed by atoms with E-state index in [0.717, 1.165) is 0 Å². The van der Waals surface area contributed by atoms with Gasteiger partial charge in [0.1, 0.15) is 0 Å². The smallest absolute Gasteiger partial charge is 0.417 e. The van der Waals surface area contributed by atoms with Gasteiger partial charge in [-0.3, -0.25) is 0 Å². The zero-order valence-corrected chi connectivity index (χ0v) is 18.2. The summed E-state index contributed by atoms with van der Waals surface area (Å²) >= 11 is 0. The number of hydrogen-bond donors (Lipinski definition) is 0. The lowest BCUT2D eigenvalue weighted by Gasteiger charge is -2.42. The minimum atomic E-state index is -2.63. The van der Waals surface area contributed by atoms with Gasteiger partial charge in [0.05, 0.1) is 0 Å². The molecular formula is C12H32O3Si4. The van der Waals surface area contributed by atoms with Gasteiger partial charge >= 0.3 is 8.80 Å². The standard InChI is InChI=1S/C12H32O3Si4/c1-11-12-19(13-16(2,3)4,14-17(5,6)7)15-18(8,9)10/h11H,1,12H2,2-10H3. The molecule has 0 amide bonds. The Hall–Kier alpha value is 0.488. The van der Waals surface area contributed by atoms with Gasteiger partial charge in [0, 0.05) is 6.04 Å². The van der Waals surface area contributed by atoms with Crippen molar-refractivity contribution in [3.05, 3.63) is 12.7 Å². The van der Waals surface area contributed by atoms with Gasteiger partial charge in [-0.1, -0.05) is 6.08 Å². The molecule has 0 saturated carbocycles. The maximum absolute atomic E-state index is 6.45. The third-order valence-corrected chi connectivity index (χ3v) is 13.6. The van der Waals surface area contributed by atoms with E-state index in [9.17, 15) is 0 Å². The van der Waals surface area contributed by atoms with Crippen LogP contribution in [0.15, 0.2) is 12.7 Å². The normalized spacial score (nSPS) is 14.6. The Bertz CT molecular complexity index is 259. The van der Waals surface area contributed by atoms with Gasteiger partial charge in [-0.2, -0.15) is 0 Å². The highest BCUT2D eigenvalue weighted by molar-refractivity contribution is 6.90. The van der Waals surface area contributed by atoms with Crippen molar-refractivity contribution in [3.63, 3.8) is 0 Å². The Morgan fingerprint density at radius 3 is 1.11 bits per heavy atom. The summed E-state index contributed by atoms with van der Waals surface area (Å²) in [6.45, 7) is 23.6. The molecule has 19 heavy (non-hydrogen) atoms. The molecule has 3 nitrogen and oxygen atoms in total. The maximum Gasteiger partial charge on any atom is 0.473 e. The molecule has 0 saturated heterocycles. The molecule has 0 aromatic heterocycles. The first-order valence-corrected chi connectivity index (χ1v) is 19.1. The zero-order valence-electron chi connectivity index (χ0n) is 14.2. The van der Waals surface area contributed by atoms with Crippen LogP contribution in [0.3, 0.4) is 0 Å². The van der Waals surface area contributed by atoms with Crippen molar-refractivity contribution in [3.8, 4) is 0 Å². The molecule has 0 spiro atoms.